The zero-order valence-electron chi connectivity index (χ0n) is 18.6. The lowest BCUT2D eigenvalue weighted by Gasteiger charge is -2.15. The Morgan fingerprint density at radius 1 is 0.968 bits per heavy atom. The number of carbonyl (C=O) groups excluding carboxylic acids is 3. The van der Waals surface area contributed by atoms with Crippen LogP contribution in [0.25, 0.3) is 0 Å². The highest BCUT2D eigenvalue weighted by atomic mass is 16.5. The summed E-state index contributed by atoms with van der Waals surface area (Å²) in [6.45, 7) is 10.5. The van der Waals surface area contributed by atoms with Gasteiger partial charge in [-0.3, -0.25) is 24.5 Å². The second-order valence-electron chi connectivity index (χ2n) is 7.72. The van der Waals surface area contributed by atoms with Crippen molar-refractivity contribution in [2.24, 2.45) is 0 Å². The first-order valence-corrected chi connectivity index (χ1v) is 10.1. The number of aryl methyl sites for hydroxylation is 3. The Morgan fingerprint density at radius 3 is 2.06 bits per heavy atom. The van der Waals surface area contributed by atoms with E-state index in [1.54, 1.807) is 49.7 Å². The van der Waals surface area contributed by atoms with Crippen LogP contribution >= 0.6 is 0 Å². The predicted molar refractivity (Wildman–Crippen MR) is 119 cm³/mol. The average Bonchev–Trinajstić information content (AvgIpc) is 3.20. The van der Waals surface area contributed by atoms with Crippen molar-refractivity contribution in [3.8, 4) is 5.75 Å². The highest BCUT2D eigenvalue weighted by Crippen LogP contribution is 2.22. The lowest BCUT2D eigenvalue weighted by atomic mass is 10.0. The maximum atomic E-state index is 12.8. The SMILES string of the molecule is CC(=O)c1c(C)[nH]c(C(=O)[C@@H](C)Oc2ccc(C(=O)Nn3c(C)ccc3C)cc2)c1C. The van der Waals surface area contributed by atoms with Crippen molar-refractivity contribution >= 4 is 17.5 Å². The fourth-order valence-electron chi connectivity index (χ4n) is 3.68. The molecular weight excluding hydrogens is 394 g/mol. The lowest BCUT2D eigenvalue weighted by Crippen LogP contribution is -2.25. The summed E-state index contributed by atoms with van der Waals surface area (Å²) in [7, 11) is 0. The second-order valence-corrected chi connectivity index (χ2v) is 7.72. The first kappa shape index (κ1) is 22.1. The number of nitrogens with one attached hydrogen (secondary N) is 2. The molecular formula is C24H27N3O4. The van der Waals surface area contributed by atoms with Gasteiger partial charge in [-0.25, -0.2) is 0 Å². The minimum absolute atomic E-state index is 0.0852. The maximum Gasteiger partial charge on any atom is 0.270 e. The number of hydrogen-bond donors (Lipinski definition) is 2. The van der Waals surface area contributed by atoms with Crippen LogP contribution < -0.4 is 10.2 Å². The molecule has 0 radical (unpaired) electrons. The second kappa shape index (κ2) is 8.63. The van der Waals surface area contributed by atoms with E-state index in [1.807, 2.05) is 26.0 Å². The summed E-state index contributed by atoms with van der Waals surface area (Å²) < 4.78 is 7.51. The van der Waals surface area contributed by atoms with E-state index in [2.05, 4.69) is 10.4 Å². The van der Waals surface area contributed by atoms with Gasteiger partial charge in [0, 0.05) is 28.2 Å². The van der Waals surface area contributed by atoms with E-state index < -0.39 is 6.10 Å². The Hall–Kier alpha value is -3.61. The van der Waals surface area contributed by atoms with Gasteiger partial charge in [-0.2, -0.15) is 0 Å². The molecule has 1 amide bonds. The van der Waals surface area contributed by atoms with Crippen molar-refractivity contribution in [3.05, 3.63) is 75.9 Å². The average molecular weight is 421 g/mol. The van der Waals surface area contributed by atoms with Crippen LogP contribution in [0.1, 0.15) is 67.7 Å². The van der Waals surface area contributed by atoms with Gasteiger partial charge in [-0.1, -0.05) is 0 Å². The van der Waals surface area contributed by atoms with Crippen LogP contribution in [-0.4, -0.2) is 33.2 Å². The molecule has 3 aromatic rings. The van der Waals surface area contributed by atoms with Crippen molar-refractivity contribution < 1.29 is 19.1 Å². The quantitative estimate of drug-likeness (QED) is 0.557. The van der Waals surface area contributed by atoms with Crippen LogP contribution in [0.2, 0.25) is 0 Å². The molecule has 0 aliphatic rings. The Bertz CT molecular complexity index is 1130. The van der Waals surface area contributed by atoms with Gasteiger partial charge in [0.15, 0.2) is 11.9 Å². The van der Waals surface area contributed by atoms with Gasteiger partial charge in [-0.15, -0.1) is 0 Å². The van der Waals surface area contributed by atoms with E-state index in [0.717, 1.165) is 11.4 Å². The normalized spacial score (nSPS) is 11.8. The number of rotatable bonds is 7. The molecule has 2 aromatic heterocycles. The van der Waals surface area contributed by atoms with Crippen molar-refractivity contribution in [3.63, 3.8) is 0 Å². The molecule has 2 N–H and O–H groups in total. The molecule has 0 unspecified atom stereocenters. The number of hydrogen-bond acceptors (Lipinski definition) is 4. The van der Waals surface area contributed by atoms with Crippen LogP contribution in [0, 0.1) is 27.7 Å². The summed E-state index contributed by atoms with van der Waals surface area (Å²) >= 11 is 0. The molecule has 2 heterocycles. The fourth-order valence-corrected chi connectivity index (χ4v) is 3.68. The number of carbonyl (C=O) groups is 3. The summed E-state index contributed by atoms with van der Waals surface area (Å²) in [4.78, 5) is 40.2. The number of Topliss-reactive ketones (excluding diaryl/α,β-unsaturated/α-hetero) is 2. The van der Waals surface area contributed by atoms with Crippen LogP contribution in [0.3, 0.4) is 0 Å². The fraction of sp³-hybridized carbons (Fsp3) is 0.292. The van der Waals surface area contributed by atoms with Gasteiger partial charge in [0.2, 0.25) is 5.78 Å². The highest BCUT2D eigenvalue weighted by molar-refractivity contribution is 6.05. The molecule has 0 bridgehead atoms. The third kappa shape index (κ3) is 4.45. The maximum absolute atomic E-state index is 12.8. The van der Waals surface area contributed by atoms with Gasteiger partial charge in [0.1, 0.15) is 5.75 Å². The molecule has 0 fully saturated rings. The monoisotopic (exact) mass is 421 g/mol. The molecule has 0 aliphatic heterocycles. The van der Waals surface area contributed by atoms with Crippen LogP contribution in [0.5, 0.6) is 5.75 Å². The molecule has 0 aliphatic carbocycles. The summed E-state index contributed by atoms with van der Waals surface area (Å²) in [6, 6.07) is 10.5. The molecule has 1 atom stereocenters. The number of aromatic amines is 1. The van der Waals surface area contributed by atoms with Crippen molar-refractivity contribution in [2.75, 3.05) is 5.43 Å². The molecule has 1 aromatic carbocycles. The number of amides is 1. The smallest absolute Gasteiger partial charge is 0.270 e. The molecule has 3 rings (SSSR count). The largest absolute Gasteiger partial charge is 0.483 e. The third-order valence-electron chi connectivity index (χ3n) is 5.32. The van der Waals surface area contributed by atoms with E-state index in [4.69, 9.17) is 4.74 Å². The summed E-state index contributed by atoms with van der Waals surface area (Å²) in [5.41, 5.74) is 7.41. The third-order valence-corrected chi connectivity index (χ3v) is 5.32. The Labute approximate surface area is 181 Å². The van der Waals surface area contributed by atoms with Crippen LogP contribution in [0.4, 0.5) is 0 Å². The van der Waals surface area contributed by atoms with E-state index in [-0.39, 0.29) is 17.5 Å². The van der Waals surface area contributed by atoms with Crippen molar-refractivity contribution in [1.82, 2.24) is 9.66 Å². The van der Waals surface area contributed by atoms with Gasteiger partial charge >= 0.3 is 0 Å². The van der Waals surface area contributed by atoms with E-state index in [9.17, 15) is 14.4 Å². The van der Waals surface area contributed by atoms with Gasteiger partial charge < -0.3 is 9.72 Å². The van der Waals surface area contributed by atoms with E-state index in [0.29, 0.717) is 33.8 Å². The number of benzene rings is 1. The first-order chi connectivity index (χ1) is 14.6. The molecule has 0 saturated carbocycles. The van der Waals surface area contributed by atoms with Gasteiger partial charge in [0.25, 0.3) is 5.91 Å². The molecule has 7 heteroatoms. The zero-order chi connectivity index (χ0) is 22.9. The standard InChI is InChI=1S/C24H27N3O4/c1-13-7-8-14(2)27(13)26-24(30)19-9-11-20(12-10-19)31-18(6)23(29)22-15(3)21(17(5)28)16(4)25-22/h7-12,18,25H,1-6H3,(H,26,30)/t18-/m1/s1. The summed E-state index contributed by atoms with van der Waals surface area (Å²) in [5, 5.41) is 0. The van der Waals surface area contributed by atoms with Crippen LogP contribution in [-0.2, 0) is 0 Å². The number of ether oxygens (including phenoxy) is 1. The minimum Gasteiger partial charge on any atom is -0.483 e. The summed E-state index contributed by atoms with van der Waals surface area (Å²) in [6.07, 6.45) is -0.763. The van der Waals surface area contributed by atoms with E-state index >= 15 is 0 Å². The number of H-pyrrole nitrogens is 1. The number of nitrogens with zero attached hydrogens (tertiary/aromatic N) is 1. The van der Waals surface area contributed by atoms with Gasteiger partial charge in [-0.05, 0) is 83.5 Å². The highest BCUT2D eigenvalue weighted by Gasteiger charge is 2.24. The van der Waals surface area contributed by atoms with Crippen LogP contribution in [0.15, 0.2) is 36.4 Å². The number of ketones is 2. The van der Waals surface area contributed by atoms with Crippen molar-refractivity contribution in [2.45, 2.75) is 47.6 Å². The predicted octanol–water partition coefficient (Wildman–Crippen LogP) is 4.29. The number of aromatic nitrogens is 2. The first-order valence-electron chi connectivity index (χ1n) is 10.1. The summed E-state index contributed by atoms with van der Waals surface area (Å²) in [5.74, 6) is -0.0997. The Balaban J connectivity index is 1.69. The minimum atomic E-state index is -0.763. The Kier molecular flexibility index (Phi) is 6.15. The molecule has 7 nitrogen and oxygen atoms in total. The van der Waals surface area contributed by atoms with E-state index in [1.165, 1.54) is 6.92 Å². The van der Waals surface area contributed by atoms with Crippen molar-refractivity contribution in [1.29, 1.82) is 0 Å². The molecule has 0 spiro atoms. The topological polar surface area (TPSA) is 93.2 Å². The molecule has 0 saturated heterocycles. The molecule has 31 heavy (non-hydrogen) atoms. The Morgan fingerprint density at radius 2 is 1.55 bits per heavy atom. The zero-order valence-corrected chi connectivity index (χ0v) is 18.6. The lowest BCUT2D eigenvalue weighted by molar-refractivity contribution is 0.0812. The molecule has 162 valence electrons. The van der Waals surface area contributed by atoms with Gasteiger partial charge in [0.05, 0.1) is 5.69 Å².